The molecular formula is C21H23ClFN3O4S3. The molecule has 1 unspecified atom stereocenters. The van der Waals surface area contributed by atoms with E-state index in [1.807, 2.05) is 11.5 Å². The van der Waals surface area contributed by atoms with Crippen LogP contribution in [0, 0.1) is 11.7 Å². The van der Waals surface area contributed by atoms with Crippen molar-refractivity contribution in [1.29, 1.82) is 0 Å². The molecule has 0 radical (unpaired) electrons. The minimum Gasteiger partial charge on any atom is -0.380 e. The quantitative estimate of drug-likeness (QED) is 0.429. The number of thiazole rings is 1. The molecule has 1 aliphatic rings. The summed E-state index contributed by atoms with van der Waals surface area (Å²) in [6.07, 6.45) is 1.12. The summed E-state index contributed by atoms with van der Waals surface area (Å²) in [7, 11) is -3.72. The second-order valence-corrected chi connectivity index (χ2v) is 12.4. The predicted octanol–water partition coefficient (Wildman–Crippen LogP) is 4.12. The molecule has 0 saturated carbocycles. The smallest absolute Gasteiger partial charge is 0.252 e. The first-order valence-electron chi connectivity index (χ1n) is 10.5. The van der Waals surface area contributed by atoms with Crippen molar-refractivity contribution in [3.05, 3.63) is 45.3 Å². The van der Waals surface area contributed by atoms with E-state index in [9.17, 15) is 17.6 Å². The lowest BCUT2D eigenvalue weighted by molar-refractivity contribution is -0.122. The molecule has 1 saturated heterocycles. The van der Waals surface area contributed by atoms with Crippen molar-refractivity contribution in [3.8, 4) is 0 Å². The van der Waals surface area contributed by atoms with Gasteiger partial charge in [-0.2, -0.15) is 9.30 Å². The van der Waals surface area contributed by atoms with Crippen LogP contribution in [0.1, 0.15) is 19.8 Å². The van der Waals surface area contributed by atoms with Gasteiger partial charge in [0.05, 0.1) is 27.1 Å². The second-order valence-electron chi connectivity index (χ2n) is 7.56. The number of benzene rings is 1. The van der Waals surface area contributed by atoms with E-state index in [0.717, 1.165) is 16.9 Å². The third-order valence-corrected chi connectivity index (χ3v) is 9.99. The molecule has 3 aromatic rings. The highest BCUT2D eigenvalue weighted by Crippen LogP contribution is 2.31. The van der Waals surface area contributed by atoms with Crippen LogP contribution in [0.2, 0.25) is 4.34 Å². The Morgan fingerprint density at radius 2 is 2.12 bits per heavy atom. The largest absolute Gasteiger partial charge is 0.380 e. The molecular weight excluding hydrogens is 509 g/mol. The first-order valence-corrected chi connectivity index (χ1v) is 14.0. The van der Waals surface area contributed by atoms with Crippen LogP contribution in [0.3, 0.4) is 0 Å². The molecule has 7 nitrogen and oxygen atoms in total. The number of thiophene rings is 1. The Morgan fingerprint density at radius 3 is 2.85 bits per heavy atom. The van der Waals surface area contributed by atoms with E-state index in [4.69, 9.17) is 16.3 Å². The molecule has 1 aliphatic heterocycles. The van der Waals surface area contributed by atoms with Crippen molar-refractivity contribution in [2.24, 2.45) is 10.9 Å². The fourth-order valence-corrected chi connectivity index (χ4v) is 8.01. The normalized spacial score (nSPS) is 18.3. The van der Waals surface area contributed by atoms with Crippen LogP contribution < -0.4 is 4.80 Å². The molecule has 1 aromatic carbocycles. The number of sulfonamides is 1. The number of hydrogen-bond acceptors (Lipinski definition) is 6. The maximum atomic E-state index is 13.7. The number of halogens is 2. The summed E-state index contributed by atoms with van der Waals surface area (Å²) in [5.41, 5.74) is 0.773. The fraction of sp³-hybridized carbons (Fsp3) is 0.429. The number of rotatable bonds is 7. The van der Waals surface area contributed by atoms with Gasteiger partial charge in [-0.25, -0.2) is 12.8 Å². The number of hydrogen-bond donors (Lipinski definition) is 0. The molecule has 12 heteroatoms. The average Bonchev–Trinajstić information content (AvgIpc) is 3.37. The van der Waals surface area contributed by atoms with E-state index < -0.39 is 15.9 Å². The monoisotopic (exact) mass is 531 g/mol. The minimum atomic E-state index is -3.72. The molecule has 1 amide bonds. The van der Waals surface area contributed by atoms with Crippen LogP contribution in [0.25, 0.3) is 10.2 Å². The van der Waals surface area contributed by atoms with Gasteiger partial charge in [0.1, 0.15) is 10.0 Å². The van der Waals surface area contributed by atoms with E-state index in [1.165, 1.54) is 33.8 Å². The molecule has 4 rings (SSSR count). The highest BCUT2D eigenvalue weighted by Gasteiger charge is 2.34. The van der Waals surface area contributed by atoms with Crippen molar-refractivity contribution in [2.75, 3.05) is 26.3 Å². The Hall–Kier alpha value is -1.63. The molecule has 0 N–H and O–H groups in total. The summed E-state index contributed by atoms with van der Waals surface area (Å²) in [6.45, 7) is 3.77. The maximum absolute atomic E-state index is 13.7. The van der Waals surface area contributed by atoms with Crippen LogP contribution >= 0.6 is 34.3 Å². The van der Waals surface area contributed by atoms with Crippen molar-refractivity contribution < 1.29 is 22.3 Å². The molecule has 3 heterocycles. The first-order chi connectivity index (χ1) is 15.8. The van der Waals surface area contributed by atoms with Gasteiger partial charge in [0.15, 0.2) is 4.80 Å². The van der Waals surface area contributed by atoms with E-state index in [2.05, 4.69) is 4.99 Å². The Balaban J connectivity index is 1.61. The molecule has 1 atom stereocenters. The molecule has 2 aromatic heterocycles. The number of carbonyl (C=O) groups excluding carboxylic acids is 1. The Labute approximate surface area is 204 Å². The summed E-state index contributed by atoms with van der Waals surface area (Å²) < 4.78 is 49.5. The zero-order chi connectivity index (χ0) is 23.6. The highest BCUT2D eigenvalue weighted by molar-refractivity contribution is 7.91. The standard InChI is InChI=1S/C21H23ClFN3O4S3/c1-2-30-11-10-26-16-6-5-15(23)12-17(16)31-21(26)24-20(27)14-4-3-9-25(13-14)33(28,29)19-8-7-18(22)32-19/h5-8,12,14H,2-4,9-11,13H2,1H3. The molecule has 0 bridgehead atoms. The van der Waals surface area contributed by atoms with Gasteiger partial charge in [-0.3, -0.25) is 4.79 Å². The number of carbonyl (C=O) groups is 1. The number of nitrogens with zero attached hydrogens (tertiary/aromatic N) is 3. The SMILES string of the molecule is CCOCCn1c(=NC(=O)C2CCCN(S(=O)(=O)c3ccc(Cl)s3)C2)sc2cc(F)ccc21. The summed E-state index contributed by atoms with van der Waals surface area (Å²) in [5, 5.41) is 0. The Bertz CT molecular complexity index is 1330. The topological polar surface area (TPSA) is 81.0 Å². The number of aromatic nitrogens is 1. The van der Waals surface area contributed by atoms with Crippen LogP contribution in [0.4, 0.5) is 4.39 Å². The molecule has 33 heavy (non-hydrogen) atoms. The van der Waals surface area contributed by atoms with Crippen molar-refractivity contribution in [1.82, 2.24) is 8.87 Å². The predicted molar refractivity (Wildman–Crippen MR) is 128 cm³/mol. The van der Waals surface area contributed by atoms with E-state index in [0.29, 0.717) is 53.0 Å². The van der Waals surface area contributed by atoms with Gasteiger partial charge in [-0.1, -0.05) is 22.9 Å². The third kappa shape index (κ3) is 5.39. The van der Waals surface area contributed by atoms with Crippen LogP contribution in [0.15, 0.2) is 39.5 Å². The van der Waals surface area contributed by atoms with E-state index in [-0.39, 0.29) is 22.5 Å². The van der Waals surface area contributed by atoms with Gasteiger partial charge in [-0.05, 0) is 50.1 Å². The lowest BCUT2D eigenvalue weighted by Gasteiger charge is -2.29. The van der Waals surface area contributed by atoms with Gasteiger partial charge in [0.25, 0.3) is 15.9 Å². The first kappa shape index (κ1) is 24.5. The van der Waals surface area contributed by atoms with Crippen LogP contribution in [-0.2, 0) is 26.1 Å². The molecule has 1 fully saturated rings. The van der Waals surface area contributed by atoms with Gasteiger partial charge >= 0.3 is 0 Å². The molecule has 0 aliphatic carbocycles. The van der Waals surface area contributed by atoms with Gasteiger partial charge in [-0.15, -0.1) is 11.3 Å². The number of ether oxygens (including phenoxy) is 1. The average molecular weight is 532 g/mol. The summed E-state index contributed by atoms with van der Waals surface area (Å²) >= 11 is 8.14. The van der Waals surface area contributed by atoms with Crippen LogP contribution in [0.5, 0.6) is 0 Å². The highest BCUT2D eigenvalue weighted by atomic mass is 35.5. The van der Waals surface area contributed by atoms with Crippen molar-refractivity contribution in [2.45, 2.75) is 30.5 Å². The van der Waals surface area contributed by atoms with E-state index >= 15 is 0 Å². The van der Waals surface area contributed by atoms with Gasteiger partial charge in [0.2, 0.25) is 0 Å². The molecule has 178 valence electrons. The zero-order valence-corrected chi connectivity index (χ0v) is 21.1. The number of piperidine rings is 1. The van der Waals surface area contributed by atoms with Crippen molar-refractivity contribution >= 4 is 60.4 Å². The minimum absolute atomic E-state index is 0.0681. The van der Waals surface area contributed by atoms with Crippen molar-refractivity contribution in [3.63, 3.8) is 0 Å². The lowest BCUT2D eigenvalue weighted by Crippen LogP contribution is -2.42. The molecule has 0 spiro atoms. The summed E-state index contributed by atoms with van der Waals surface area (Å²) in [6, 6.07) is 7.49. The Kier molecular flexibility index (Phi) is 7.66. The summed E-state index contributed by atoms with van der Waals surface area (Å²) in [5.74, 6) is -1.29. The maximum Gasteiger partial charge on any atom is 0.252 e. The zero-order valence-electron chi connectivity index (χ0n) is 17.9. The fourth-order valence-electron chi connectivity index (χ4n) is 3.76. The lowest BCUT2D eigenvalue weighted by atomic mass is 9.99. The van der Waals surface area contributed by atoms with Gasteiger partial charge < -0.3 is 9.30 Å². The van der Waals surface area contributed by atoms with E-state index in [1.54, 1.807) is 12.1 Å². The number of fused-ring (bicyclic) bond motifs is 1. The summed E-state index contributed by atoms with van der Waals surface area (Å²) in [4.78, 5) is 17.9. The third-order valence-electron chi connectivity index (χ3n) is 5.39. The number of amides is 1. The van der Waals surface area contributed by atoms with Crippen LogP contribution in [-0.4, -0.2) is 49.5 Å². The van der Waals surface area contributed by atoms with Gasteiger partial charge in [0, 0.05) is 26.2 Å². The second kappa shape index (κ2) is 10.3. The Morgan fingerprint density at radius 1 is 1.30 bits per heavy atom.